The zero-order chi connectivity index (χ0) is 12.7. The molecule has 0 saturated heterocycles. The van der Waals surface area contributed by atoms with Crippen LogP contribution in [0.4, 0.5) is 4.79 Å². The van der Waals surface area contributed by atoms with Crippen molar-refractivity contribution < 1.29 is 9.37 Å². The van der Waals surface area contributed by atoms with Gasteiger partial charge >= 0.3 is 6.03 Å². The van der Waals surface area contributed by atoms with Crippen LogP contribution in [0.15, 0.2) is 11.3 Å². The Bertz CT molecular complexity index is 551. The maximum Gasteiger partial charge on any atom is 0.449 e. The first-order valence-corrected chi connectivity index (χ1v) is 5.66. The Kier molecular flexibility index (Phi) is 2.69. The van der Waals surface area contributed by atoms with E-state index in [1.54, 1.807) is 15.5 Å². The second-order valence-corrected chi connectivity index (χ2v) is 4.41. The van der Waals surface area contributed by atoms with Gasteiger partial charge in [0.2, 0.25) is 5.84 Å². The third kappa shape index (κ3) is 1.71. The van der Waals surface area contributed by atoms with Crippen LogP contribution in [-0.2, 0) is 0 Å². The van der Waals surface area contributed by atoms with Gasteiger partial charge in [-0.25, -0.2) is 9.78 Å². The molecule has 1 atom stereocenters. The molecule has 1 aliphatic rings. The van der Waals surface area contributed by atoms with Crippen molar-refractivity contribution in [2.75, 3.05) is 0 Å². The number of rotatable bonds is 0. The van der Waals surface area contributed by atoms with Gasteiger partial charge in [-0.15, -0.1) is 4.99 Å². The summed E-state index contributed by atoms with van der Waals surface area (Å²) in [6.07, 6.45) is 1.57. The van der Waals surface area contributed by atoms with Crippen molar-refractivity contribution in [3.05, 3.63) is 17.7 Å². The van der Waals surface area contributed by atoms with Crippen LogP contribution in [0, 0.1) is 13.8 Å². The fourth-order valence-electron chi connectivity index (χ4n) is 1.98. The smallest absolute Gasteiger partial charge is 0.225 e. The number of carbonyl (C=O) groups is 1. The standard InChI is InChI=1S/C12H17N4O/c1-7-9(3)15(6-13-7)12(17)16-10(4)8(2)14-11(16)5/h6,10H,1-5H3/q+1. The van der Waals surface area contributed by atoms with Gasteiger partial charge in [0.05, 0.1) is 5.69 Å². The summed E-state index contributed by atoms with van der Waals surface area (Å²) in [6, 6.07) is -0.0710. The molecule has 17 heavy (non-hydrogen) atoms. The predicted molar refractivity (Wildman–Crippen MR) is 66.0 cm³/mol. The fourth-order valence-corrected chi connectivity index (χ4v) is 1.98. The lowest BCUT2D eigenvalue weighted by atomic mass is 10.2. The van der Waals surface area contributed by atoms with E-state index in [0.717, 1.165) is 22.9 Å². The first-order chi connectivity index (χ1) is 7.93. The molecular formula is C12H17N4O+. The van der Waals surface area contributed by atoms with Gasteiger partial charge in [-0.3, -0.25) is 0 Å². The first kappa shape index (κ1) is 11.7. The van der Waals surface area contributed by atoms with Gasteiger partial charge in [0.15, 0.2) is 6.33 Å². The fraction of sp³-hybridized carbons (Fsp3) is 0.500. The third-order valence-corrected chi connectivity index (χ3v) is 3.34. The topological polar surface area (TPSA) is 50.3 Å². The minimum Gasteiger partial charge on any atom is -0.225 e. The van der Waals surface area contributed by atoms with Crippen LogP contribution in [0.2, 0.25) is 0 Å². The molecule has 2 heterocycles. The number of amides is 1. The molecule has 1 aromatic heterocycles. The number of aliphatic imine (C=N–C) groups is 1. The molecule has 0 fully saturated rings. The minimum absolute atomic E-state index is 0.0182. The minimum atomic E-state index is -0.0892. The van der Waals surface area contributed by atoms with E-state index in [1.807, 2.05) is 34.6 Å². The predicted octanol–water partition coefficient (Wildman–Crippen LogP) is 1.76. The number of nitrogens with zero attached hydrogens (tertiary/aromatic N) is 4. The molecule has 0 radical (unpaired) electrons. The number of amidine groups is 1. The number of imidazole rings is 1. The Morgan fingerprint density at radius 1 is 1.35 bits per heavy atom. The Balaban J connectivity index is 2.41. The second kappa shape index (κ2) is 3.91. The van der Waals surface area contributed by atoms with Crippen LogP contribution < -0.4 is 0 Å². The van der Waals surface area contributed by atoms with Gasteiger partial charge in [-0.2, -0.15) is 9.14 Å². The van der Waals surface area contributed by atoms with Crippen LogP contribution in [0.1, 0.15) is 32.2 Å². The highest BCUT2D eigenvalue weighted by molar-refractivity contribution is 6.02. The summed E-state index contributed by atoms with van der Waals surface area (Å²) in [4.78, 5) is 20.9. The van der Waals surface area contributed by atoms with Gasteiger partial charge in [-0.05, 0) is 27.7 Å². The number of aromatic nitrogens is 2. The summed E-state index contributed by atoms with van der Waals surface area (Å²) in [5.74, 6) is 0.741. The molecule has 0 spiro atoms. The number of aryl methyl sites for hydroxylation is 1. The van der Waals surface area contributed by atoms with Crippen molar-refractivity contribution in [1.29, 1.82) is 0 Å². The highest BCUT2D eigenvalue weighted by atomic mass is 16.2. The summed E-state index contributed by atoms with van der Waals surface area (Å²) in [5, 5.41) is 0. The normalized spacial score (nSPS) is 19.8. The molecule has 0 aromatic carbocycles. The van der Waals surface area contributed by atoms with Crippen molar-refractivity contribution in [3.8, 4) is 0 Å². The maximum atomic E-state index is 12.4. The van der Waals surface area contributed by atoms with E-state index >= 15 is 0 Å². The van der Waals surface area contributed by atoms with E-state index in [0.29, 0.717) is 0 Å². The van der Waals surface area contributed by atoms with E-state index in [-0.39, 0.29) is 12.1 Å². The lowest BCUT2D eigenvalue weighted by molar-refractivity contribution is -0.445. The van der Waals surface area contributed by atoms with Gasteiger partial charge in [-0.1, -0.05) is 0 Å². The molecular weight excluding hydrogens is 216 g/mol. The molecule has 90 valence electrons. The number of carbonyl (C=O) groups excluding carboxylic acids is 1. The van der Waals surface area contributed by atoms with Gasteiger partial charge < -0.3 is 0 Å². The van der Waals surface area contributed by atoms with Gasteiger partial charge in [0, 0.05) is 6.92 Å². The van der Waals surface area contributed by atoms with Gasteiger partial charge in [0.1, 0.15) is 17.4 Å². The second-order valence-electron chi connectivity index (χ2n) is 4.41. The van der Waals surface area contributed by atoms with Crippen LogP contribution in [-0.4, -0.2) is 37.7 Å². The molecule has 2 rings (SSSR count). The molecule has 0 bridgehead atoms. The summed E-state index contributed by atoms with van der Waals surface area (Å²) in [7, 11) is 0. The lowest BCUT2D eigenvalue weighted by Crippen LogP contribution is -2.35. The molecule has 0 N–H and O–H groups in total. The average Bonchev–Trinajstić information content (AvgIpc) is 2.70. The van der Waals surface area contributed by atoms with Gasteiger partial charge in [0.25, 0.3) is 0 Å². The molecule has 0 saturated carbocycles. The molecule has 1 amide bonds. The SMILES string of the molecule is CC1=NC(C)=[N+](C(=O)n2cnc(C)c2C)C1C. The van der Waals surface area contributed by atoms with Crippen LogP contribution >= 0.6 is 0 Å². The van der Waals surface area contributed by atoms with Crippen molar-refractivity contribution in [1.82, 2.24) is 9.55 Å². The summed E-state index contributed by atoms with van der Waals surface area (Å²) in [6.45, 7) is 9.55. The Hall–Kier alpha value is -1.78. The largest absolute Gasteiger partial charge is 0.449 e. The van der Waals surface area contributed by atoms with Crippen molar-refractivity contribution in [3.63, 3.8) is 0 Å². The van der Waals surface area contributed by atoms with E-state index in [2.05, 4.69) is 9.98 Å². The molecule has 1 unspecified atom stereocenters. The van der Waals surface area contributed by atoms with Crippen molar-refractivity contribution in [2.24, 2.45) is 4.99 Å². The molecule has 5 heteroatoms. The number of hydrogen-bond acceptors (Lipinski definition) is 3. The summed E-state index contributed by atoms with van der Waals surface area (Å²) < 4.78 is 3.27. The van der Waals surface area contributed by atoms with E-state index < -0.39 is 0 Å². The molecule has 1 aliphatic heterocycles. The highest BCUT2D eigenvalue weighted by Crippen LogP contribution is 2.11. The van der Waals surface area contributed by atoms with Crippen LogP contribution in [0.25, 0.3) is 0 Å². The zero-order valence-electron chi connectivity index (χ0n) is 10.9. The summed E-state index contributed by atoms with van der Waals surface area (Å²) in [5.41, 5.74) is 2.71. The molecule has 1 aromatic rings. The number of hydrogen-bond donors (Lipinski definition) is 0. The van der Waals surface area contributed by atoms with Crippen LogP contribution in [0.3, 0.4) is 0 Å². The highest BCUT2D eigenvalue weighted by Gasteiger charge is 2.33. The quantitative estimate of drug-likeness (QED) is 0.641. The summed E-state index contributed by atoms with van der Waals surface area (Å²) >= 11 is 0. The Morgan fingerprint density at radius 2 is 2.00 bits per heavy atom. The molecule has 5 nitrogen and oxygen atoms in total. The maximum absolute atomic E-state index is 12.4. The Labute approximate surface area is 101 Å². The van der Waals surface area contributed by atoms with Crippen LogP contribution in [0.5, 0.6) is 0 Å². The third-order valence-electron chi connectivity index (χ3n) is 3.34. The first-order valence-electron chi connectivity index (χ1n) is 5.66. The van der Waals surface area contributed by atoms with E-state index in [4.69, 9.17) is 0 Å². The lowest BCUT2D eigenvalue weighted by Gasteiger charge is -2.08. The monoisotopic (exact) mass is 233 g/mol. The average molecular weight is 233 g/mol. The van der Waals surface area contributed by atoms with E-state index in [1.165, 1.54) is 0 Å². The van der Waals surface area contributed by atoms with Crippen molar-refractivity contribution in [2.45, 2.75) is 40.7 Å². The molecule has 0 aliphatic carbocycles. The Morgan fingerprint density at radius 3 is 2.41 bits per heavy atom. The zero-order valence-corrected chi connectivity index (χ0v) is 10.9. The van der Waals surface area contributed by atoms with E-state index in [9.17, 15) is 4.79 Å². The van der Waals surface area contributed by atoms with Crippen molar-refractivity contribution >= 4 is 17.6 Å².